The van der Waals surface area contributed by atoms with Crippen LogP contribution in [0.2, 0.25) is 0 Å². The molecule has 3 aliphatic carbocycles. The van der Waals surface area contributed by atoms with Crippen molar-refractivity contribution in [2.45, 2.75) is 51.2 Å². The molecule has 1 aromatic rings. The monoisotopic (exact) mass is 354 g/mol. The van der Waals surface area contributed by atoms with Crippen molar-refractivity contribution in [1.82, 2.24) is 0 Å². The molecule has 0 spiro atoms. The zero-order chi connectivity index (χ0) is 18.4. The molecule has 2 bridgehead atoms. The molecule has 1 N–H and O–H groups in total. The lowest BCUT2D eigenvalue weighted by molar-refractivity contribution is -0.167. The van der Waals surface area contributed by atoms with Crippen LogP contribution < -0.4 is 4.74 Å². The van der Waals surface area contributed by atoms with Crippen molar-refractivity contribution in [3.05, 3.63) is 42.0 Å². The number of aliphatic hydroxyl groups excluding tert-OH is 1. The van der Waals surface area contributed by atoms with Crippen LogP contribution in [0.5, 0.6) is 5.75 Å². The van der Waals surface area contributed by atoms with Gasteiger partial charge in [-0.25, -0.2) is 0 Å². The highest BCUT2D eigenvalue weighted by Crippen LogP contribution is 2.83. The molecule has 3 fully saturated rings. The number of carbonyl (C=O) groups is 1. The first-order valence-corrected chi connectivity index (χ1v) is 9.61. The van der Waals surface area contributed by atoms with Gasteiger partial charge < -0.3 is 14.6 Å². The molecule has 1 heterocycles. The van der Waals surface area contributed by atoms with E-state index in [0.717, 1.165) is 37.0 Å². The maximum absolute atomic E-state index is 13.1. The molecular formula is C22H26O4. The van der Waals surface area contributed by atoms with Crippen molar-refractivity contribution in [3.63, 3.8) is 0 Å². The molecule has 1 aromatic carbocycles. The van der Waals surface area contributed by atoms with Crippen LogP contribution in [0.4, 0.5) is 0 Å². The molecule has 4 heteroatoms. The molecule has 0 radical (unpaired) electrons. The van der Waals surface area contributed by atoms with E-state index in [1.165, 1.54) is 0 Å². The van der Waals surface area contributed by atoms with Gasteiger partial charge in [0.25, 0.3) is 0 Å². The van der Waals surface area contributed by atoms with Crippen LogP contribution in [0.15, 0.2) is 36.4 Å². The average Bonchev–Trinajstić information content (AvgIpc) is 3.11. The van der Waals surface area contributed by atoms with E-state index in [1.807, 2.05) is 19.1 Å². The van der Waals surface area contributed by atoms with Crippen LogP contribution in [0, 0.1) is 22.2 Å². The number of cyclic esters (lactones) is 1. The minimum absolute atomic E-state index is 0.104. The van der Waals surface area contributed by atoms with Gasteiger partial charge in [0.1, 0.15) is 5.75 Å². The molecular weight excluding hydrogens is 328 g/mol. The molecule has 2 saturated carbocycles. The Kier molecular flexibility index (Phi) is 2.97. The molecule has 6 atom stereocenters. The van der Waals surface area contributed by atoms with E-state index in [2.05, 4.69) is 31.2 Å². The standard InChI is InChI=1S/C22H26O4/c1-19-10-4-5-11-21(19)12-13-22(19,14-6-8-15(25-3)9-7-14)20(2)16(21)17(23)26-18(20)24/h6-9,12-13,16-17,23H,4-5,10-11H2,1-3H3/t16-,17+,19-,20-,21-,22+/m0/s1. The van der Waals surface area contributed by atoms with Gasteiger partial charge in [0.2, 0.25) is 6.29 Å². The molecule has 138 valence electrons. The zero-order valence-electron chi connectivity index (χ0n) is 15.6. The normalized spacial score (nSPS) is 48.2. The summed E-state index contributed by atoms with van der Waals surface area (Å²) in [5.41, 5.74) is -0.393. The van der Waals surface area contributed by atoms with Crippen LogP contribution in [0.1, 0.15) is 45.1 Å². The highest BCUT2D eigenvalue weighted by molar-refractivity contribution is 5.85. The predicted octanol–water partition coefficient (Wildman–Crippen LogP) is 3.58. The maximum atomic E-state index is 13.1. The van der Waals surface area contributed by atoms with Crippen LogP contribution in [0.3, 0.4) is 0 Å². The fourth-order valence-corrected chi connectivity index (χ4v) is 7.50. The molecule has 26 heavy (non-hydrogen) atoms. The average molecular weight is 354 g/mol. The maximum Gasteiger partial charge on any atom is 0.315 e. The number of hydrogen-bond acceptors (Lipinski definition) is 4. The Morgan fingerprint density at radius 3 is 2.50 bits per heavy atom. The largest absolute Gasteiger partial charge is 0.497 e. The summed E-state index contributed by atoms with van der Waals surface area (Å²) in [6.45, 7) is 4.36. The first-order chi connectivity index (χ1) is 12.4. The third-order valence-electron chi connectivity index (χ3n) is 8.52. The SMILES string of the molecule is COc1ccc([C@]23C=C[C@@]4(CCCC[C@]24C)[C@H]2[C@H](O)OC(=O)[C@]23C)cc1. The lowest BCUT2D eigenvalue weighted by atomic mass is 9.51. The highest BCUT2D eigenvalue weighted by Gasteiger charge is 2.86. The van der Waals surface area contributed by atoms with Gasteiger partial charge in [-0.05, 0) is 42.9 Å². The van der Waals surface area contributed by atoms with Gasteiger partial charge in [0.05, 0.1) is 12.5 Å². The Morgan fingerprint density at radius 1 is 1.12 bits per heavy atom. The summed E-state index contributed by atoms with van der Waals surface area (Å²) in [7, 11) is 1.66. The van der Waals surface area contributed by atoms with Gasteiger partial charge in [-0.15, -0.1) is 0 Å². The van der Waals surface area contributed by atoms with E-state index in [1.54, 1.807) is 7.11 Å². The topological polar surface area (TPSA) is 55.8 Å². The van der Waals surface area contributed by atoms with E-state index in [4.69, 9.17) is 9.47 Å². The highest BCUT2D eigenvalue weighted by atomic mass is 16.6. The Morgan fingerprint density at radius 2 is 1.81 bits per heavy atom. The second kappa shape index (κ2) is 4.72. The van der Waals surface area contributed by atoms with Crippen molar-refractivity contribution in [1.29, 1.82) is 0 Å². The number of esters is 1. The lowest BCUT2D eigenvalue weighted by Crippen LogP contribution is -2.51. The summed E-state index contributed by atoms with van der Waals surface area (Å²) in [6.07, 6.45) is 7.92. The Labute approximate surface area is 154 Å². The van der Waals surface area contributed by atoms with Crippen molar-refractivity contribution >= 4 is 5.97 Å². The second-order valence-corrected chi connectivity index (χ2v) is 8.93. The van der Waals surface area contributed by atoms with Crippen LogP contribution >= 0.6 is 0 Å². The number of allylic oxidation sites excluding steroid dienone is 2. The van der Waals surface area contributed by atoms with E-state index in [9.17, 15) is 9.90 Å². The molecule has 0 amide bonds. The lowest BCUT2D eigenvalue weighted by Gasteiger charge is -2.52. The first kappa shape index (κ1) is 16.4. The van der Waals surface area contributed by atoms with E-state index < -0.39 is 17.1 Å². The number of methoxy groups -OCH3 is 1. The van der Waals surface area contributed by atoms with Crippen molar-refractivity contribution in [2.24, 2.45) is 22.2 Å². The summed E-state index contributed by atoms with van der Waals surface area (Å²) in [5, 5.41) is 10.8. The summed E-state index contributed by atoms with van der Waals surface area (Å²) in [4.78, 5) is 13.1. The molecule has 1 saturated heterocycles. The molecule has 5 rings (SSSR count). The number of hydrogen-bond donors (Lipinski definition) is 1. The number of aliphatic hydroxyl groups is 1. The summed E-state index contributed by atoms with van der Waals surface area (Å²) < 4.78 is 10.8. The quantitative estimate of drug-likeness (QED) is 0.651. The first-order valence-electron chi connectivity index (χ1n) is 9.61. The van der Waals surface area contributed by atoms with Crippen LogP contribution in [-0.2, 0) is 14.9 Å². The number of ether oxygens (including phenoxy) is 2. The minimum atomic E-state index is -1.02. The van der Waals surface area contributed by atoms with Gasteiger partial charge in [-0.3, -0.25) is 4.79 Å². The summed E-state index contributed by atoms with van der Waals surface area (Å²) >= 11 is 0. The van der Waals surface area contributed by atoms with Crippen molar-refractivity contribution in [2.75, 3.05) is 7.11 Å². The third-order valence-corrected chi connectivity index (χ3v) is 8.52. The van der Waals surface area contributed by atoms with Crippen LogP contribution in [0.25, 0.3) is 0 Å². The molecule has 0 unspecified atom stereocenters. The molecule has 0 aromatic heterocycles. The van der Waals surface area contributed by atoms with Crippen LogP contribution in [-0.4, -0.2) is 24.5 Å². The summed E-state index contributed by atoms with van der Waals surface area (Å²) in [6, 6.07) is 8.12. The second-order valence-electron chi connectivity index (χ2n) is 8.93. The van der Waals surface area contributed by atoms with Gasteiger partial charge in [-0.2, -0.15) is 0 Å². The predicted molar refractivity (Wildman–Crippen MR) is 96.5 cm³/mol. The minimum Gasteiger partial charge on any atom is -0.497 e. The summed E-state index contributed by atoms with van der Waals surface area (Å²) in [5.74, 6) is 0.353. The smallest absolute Gasteiger partial charge is 0.315 e. The van der Waals surface area contributed by atoms with Gasteiger partial charge in [0.15, 0.2) is 0 Å². The Bertz CT molecular complexity index is 814. The van der Waals surface area contributed by atoms with E-state index in [-0.39, 0.29) is 22.7 Å². The Hall–Kier alpha value is -1.81. The third kappa shape index (κ3) is 1.37. The van der Waals surface area contributed by atoms with E-state index >= 15 is 0 Å². The number of fused-ring (bicyclic) bond motifs is 2. The zero-order valence-corrected chi connectivity index (χ0v) is 15.6. The van der Waals surface area contributed by atoms with Gasteiger partial charge >= 0.3 is 5.97 Å². The Balaban J connectivity index is 1.82. The van der Waals surface area contributed by atoms with E-state index in [0.29, 0.717) is 0 Å². The van der Waals surface area contributed by atoms with Crippen molar-refractivity contribution in [3.8, 4) is 5.75 Å². The fraction of sp³-hybridized carbons (Fsp3) is 0.591. The van der Waals surface area contributed by atoms with Gasteiger partial charge in [-0.1, -0.05) is 44.1 Å². The molecule has 4 nitrogen and oxygen atoms in total. The van der Waals surface area contributed by atoms with Crippen molar-refractivity contribution < 1.29 is 19.4 Å². The molecule has 4 aliphatic rings. The van der Waals surface area contributed by atoms with Gasteiger partial charge in [0, 0.05) is 16.7 Å². The number of benzene rings is 1. The fourth-order valence-electron chi connectivity index (χ4n) is 7.50. The number of rotatable bonds is 2. The molecule has 1 aliphatic heterocycles. The number of carbonyl (C=O) groups excluding carboxylic acids is 1.